The van der Waals surface area contributed by atoms with E-state index in [2.05, 4.69) is 50.2 Å². The molecular weight excluding hydrogens is 334 g/mol. The molecule has 0 radical (unpaired) electrons. The number of rotatable bonds is 2. The van der Waals surface area contributed by atoms with Gasteiger partial charge >= 0.3 is 6.15 Å². The summed E-state index contributed by atoms with van der Waals surface area (Å²) in [5.74, 6) is 0.707. The predicted molar refractivity (Wildman–Crippen MR) is 109 cm³/mol. The molecule has 1 saturated carbocycles. The van der Waals surface area contributed by atoms with E-state index in [1.165, 1.54) is 65.5 Å². The van der Waals surface area contributed by atoms with Crippen molar-refractivity contribution < 1.29 is 9.59 Å². The largest absolute Gasteiger partial charge is 0.398 e. The maximum absolute atomic E-state index is 8.12. The third-order valence-electron chi connectivity index (χ3n) is 5.79. The fourth-order valence-corrected chi connectivity index (χ4v) is 4.63. The predicted octanol–water partition coefficient (Wildman–Crippen LogP) is 5.35. The Kier molecular flexibility index (Phi) is 5.93. The second kappa shape index (κ2) is 8.37. The van der Waals surface area contributed by atoms with E-state index in [4.69, 9.17) is 15.3 Å². The zero-order valence-electron chi connectivity index (χ0n) is 16.2. The highest BCUT2D eigenvalue weighted by Crippen LogP contribution is 2.47. The Bertz CT molecular complexity index is 899. The minimum absolute atomic E-state index is 0.250. The van der Waals surface area contributed by atoms with Crippen LogP contribution in [0, 0.1) is 19.8 Å². The van der Waals surface area contributed by atoms with Gasteiger partial charge in [0.05, 0.1) is 0 Å². The van der Waals surface area contributed by atoms with Gasteiger partial charge in [0.1, 0.15) is 0 Å². The summed E-state index contributed by atoms with van der Waals surface area (Å²) < 4.78 is 0. The Morgan fingerprint density at radius 1 is 0.889 bits per heavy atom. The molecule has 1 fully saturated rings. The van der Waals surface area contributed by atoms with Crippen molar-refractivity contribution in [1.29, 1.82) is 0 Å². The molecule has 3 nitrogen and oxygen atoms in total. The summed E-state index contributed by atoms with van der Waals surface area (Å²) in [6, 6.07) is 13.5. The molecule has 2 N–H and O–H groups in total. The summed E-state index contributed by atoms with van der Waals surface area (Å²) >= 11 is 0. The van der Waals surface area contributed by atoms with Gasteiger partial charge in [-0.1, -0.05) is 55.2 Å². The van der Waals surface area contributed by atoms with Crippen LogP contribution in [-0.4, -0.2) is 6.15 Å². The number of nitrogens with two attached hydrogens (primary N) is 1. The number of nitrogen functional groups attached to an aromatic ring is 1. The maximum Gasteiger partial charge on any atom is 0.373 e. The first-order valence-corrected chi connectivity index (χ1v) is 9.74. The third kappa shape index (κ3) is 4.04. The molecule has 0 heterocycles. The Balaban J connectivity index is 0.000000659. The van der Waals surface area contributed by atoms with Crippen LogP contribution in [0.2, 0.25) is 0 Å². The van der Waals surface area contributed by atoms with Crippen molar-refractivity contribution in [3.8, 4) is 0 Å². The third-order valence-corrected chi connectivity index (χ3v) is 5.79. The van der Waals surface area contributed by atoms with Crippen molar-refractivity contribution >= 4 is 23.0 Å². The summed E-state index contributed by atoms with van der Waals surface area (Å²) in [4.78, 5) is 16.2. The number of aryl methyl sites for hydroxylation is 2. The second-order valence-corrected chi connectivity index (χ2v) is 7.74. The lowest BCUT2D eigenvalue weighted by Gasteiger charge is -2.25. The highest BCUT2D eigenvalue weighted by atomic mass is 16.2. The Morgan fingerprint density at radius 3 is 2.11 bits per heavy atom. The van der Waals surface area contributed by atoms with Crippen LogP contribution in [0.15, 0.2) is 36.4 Å². The number of hydrogen-bond acceptors (Lipinski definition) is 3. The van der Waals surface area contributed by atoms with Crippen LogP contribution in [0.25, 0.3) is 11.1 Å². The zero-order chi connectivity index (χ0) is 19.4. The van der Waals surface area contributed by atoms with Gasteiger partial charge in [-0.15, -0.1) is 0 Å². The fraction of sp³-hybridized carbons (Fsp3) is 0.375. The number of allylic oxidation sites excluding steroid dienone is 2. The molecular formula is C24H27NO2. The summed E-state index contributed by atoms with van der Waals surface area (Å²) in [5.41, 5.74) is 17.3. The van der Waals surface area contributed by atoms with Gasteiger partial charge in [-0.25, -0.2) is 0 Å². The van der Waals surface area contributed by atoms with Gasteiger partial charge in [-0.3, -0.25) is 0 Å². The summed E-state index contributed by atoms with van der Waals surface area (Å²) in [6.07, 6.45) is 8.08. The number of anilines is 1. The first-order valence-electron chi connectivity index (χ1n) is 9.74. The molecule has 0 saturated heterocycles. The van der Waals surface area contributed by atoms with Gasteiger partial charge in [0.15, 0.2) is 0 Å². The molecule has 0 spiro atoms. The van der Waals surface area contributed by atoms with Crippen molar-refractivity contribution in [3.05, 3.63) is 64.2 Å². The number of benzene rings is 2. The van der Waals surface area contributed by atoms with E-state index in [-0.39, 0.29) is 6.15 Å². The molecule has 27 heavy (non-hydrogen) atoms. The monoisotopic (exact) mass is 361 g/mol. The van der Waals surface area contributed by atoms with Crippen LogP contribution in [0.5, 0.6) is 0 Å². The minimum atomic E-state index is 0.250. The maximum atomic E-state index is 8.12. The van der Waals surface area contributed by atoms with E-state index >= 15 is 0 Å². The first kappa shape index (κ1) is 19.1. The van der Waals surface area contributed by atoms with E-state index in [0.29, 0.717) is 5.92 Å². The average Bonchev–Trinajstić information content (AvgIpc) is 3.01. The molecule has 0 aliphatic heterocycles. The van der Waals surface area contributed by atoms with Gasteiger partial charge in [-0.05, 0) is 72.9 Å². The number of fused-ring (bicyclic) bond motifs is 1. The molecule has 140 valence electrons. The summed E-state index contributed by atoms with van der Waals surface area (Å²) in [6.45, 7) is 4.31. The van der Waals surface area contributed by atoms with Crippen molar-refractivity contribution in [3.63, 3.8) is 0 Å². The van der Waals surface area contributed by atoms with Crippen LogP contribution in [0.3, 0.4) is 0 Å². The lowest BCUT2D eigenvalue weighted by molar-refractivity contribution is -0.191. The molecule has 0 amide bonds. The van der Waals surface area contributed by atoms with E-state index in [9.17, 15) is 0 Å². The minimum Gasteiger partial charge on any atom is -0.398 e. The molecule has 0 atom stereocenters. The normalized spacial score (nSPS) is 16.4. The highest BCUT2D eigenvalue weighted by molar-refractivity contribution is 6.00. The molecule has 2 aliphatic rings. The molecule has 4 rings (SSSR count). The lowest BCUT2D eigenvalue weighted by atomic mass is 9.79. The van der Waals surface area contributed by atoms with Crippen LogP contribution in [-0.2, 0) is 16.0 Å². The quantitative estimate of drug-likeness (QED) is 0.734. The van der Waals surface area contributed by atoms with Gasteiger partial charge in [-0.2, -0.15) is 9.59 Å². The van der Waals surface area contributed by atoms with Crippen LogP contribution in [0.4, 0.5) is 5.69 Å². The Morgan fingerprint density at radius 2 is 1.48 bits per heavy atom. The van der Waals surface area contributed by atoms with Crippen molar-refractivity contribution in [1.82, 2.24) is 0 Å². The fourth-order valence-electron chi connectivity index (χ4n) is 4.63. The SMILES string of the molecule is Cc1ccc(C2=C(C3CCCCC3)c3ccc(C)cc3C2)c(N)c1.O=C=O. The molecule has 2 aromatic carbocycles. The molecule has 0 bridgehead atoms. The van der Waals surface area contributed by atoms with Crippen LogP contribution in [0.1, 0.15) is 59.9 Å². The van der Waals surface area contributed by atoms with Crippen LogP contribution < -0.4 is 5.73 Å². The zero-order valence-corrected chi connectivity index (χ0v) is 16.2. The average molecular weight is 361 g/mol. The molecule has 0 unspecified atom stereocenters. The molecule has 2 aliphatic carbocycles. The number of carbonyl (C=O) groups excluding carboxylic acids is 2. The topological polar surface area (TPSA) is 60.2 Å². The van der Waals surface area contributed by atoms with E-state index in [1.54, 1.807) is 5.57 Å². The van der Waals surface area contributed by atoms with E-state index in [0.717, 1.165) is 12.1 Å². The highest BCUT2D eigenvalue weighted by Gasteiger charge is 2.30. The van der Waals surface area contributed by atoms with Gasteiger partial charge < -0.3 is 5.73 Å². The smallest absolute Gasteiger partial charge is 0.373 e. The summed E-state index contributed by atoms with van der Waals surface area (Å²) in [5, 5.41) is 0. The Labute approximate surface area is 161 Å². The van der Waals surface area contributed by atoms with Crippen molar-refractivity contribution in [2.24, 2.45) is 5.92 Å². The van der Waals surface area contributed by atoms with E-state index in [1.807, 2.05) is 0 Å². The standard InChI is InChI=1S/C23H27N.CO2/c1-15-8-10-19-18(12-15)14-21(20-11-9-16(2)13-22(20)24)23(19)17-6-4-3-5-7-17;2-1-3/h8-13,17H,3-7,14,24H2,1-2H3;. The van der Waals surface area contributed by atoms with Gasteiger partial charge in [0.2, 0.25) is 0 Å². The van der Waals surface area contributed by atoms with Gasteiger partial charge in [0, 0.05) is 11.3 Å². The lowest BCUT2D eigenvalue weighted by Crippen LogP contribution is -2.09. The van der Waals surface area contributed by atoms with E-state index < -0.39 is 0 Å². The molecule has 0 aromatic heterocycles. The van der Waals surface area contributed by atoms with Crippen molar-refractivity contribution in [2.45, 2.75) is 52.4 Å². The second-order valence-electron chi connectivity index (χ2n) is 7.74. The van der Waals surface area contributed by atoms with Gasteiger partial charge in [0.25, 0.3) is 0 Å². The Hall–Kier alpha value is -2.64. The van der Waals surface area contributed by atoms with Crippen LogP contribution >= 0.6 is 0 Å². The number of hydrogen-bond donors (Lipinski definition) is 1. The summed E-state index contributed by atoms with van der Waals surface area (Å²) in [7, 11) is 0. The molecule has 3 heteroatoms. The van der Waals surface area contributed by atoms with Crippen molar-refractivity contribution in [2.75, 3.05) is 5.73 Å². The first-order chi connectivity index (χ1) is 13.0. The molecule has 2 aromatic rings.